The van der Waals surface area contributed by atoms with Crippen molar-refractivity contribution in [2.24, 2.45) is 0 Å². The van der Waals surface area contributed by atoms with E-state index in [2.05, 4.69) is 29.2 Å². The quantitative estimate of drug-likeness (QED) is 0.830. The predicted octanol–water partition coefficient (Wildman–Crippen LogP) is 3.13. The third-order valence-corrected chi connectivity index (χ3v) is 7.64. The van der Waals surface area contributed by atoms with Gasteiger partial charge >= 0.3 is 0 Å². The van der Waals surface area contributed by atoms with E-state index in [-0.39, 0.29) is 5.75 Å². The zero-order chi connectivity index (χ0) is 18.1. The van der Waals surface area contributed by atoms with Crippen LogP contribution in [0.3, 0.4) is 0 Å². The van der Waals surface area contributed by atoms with Crippen molar-refractivity contribution in [3.05, 3.63) is 70.8 Å². The highest BCUT2D eigenvalue weighted by atomic mass is 32.2. The van der Waals surface area contributed by atoms with Gasteiger partial charge in [-0.3, -0.25) is 4.90 Å². The van der Waals surface area contributed by atoms with Crippen LogP contribution in [0.4, 0.5) is 0 Å². The van der Waals surface area contributed by atoms with Gasteiger partial charge in [0.1, 0.15) is 0 Å². The first-order valence-corrected chi connectivity index (χ1v) is 11.0. The minimum atomic E-state index is -3.26. The van der Waals surface area contributed by atoms with Crippen LogP contribution in [0.5, 0.6) is 0 Å². The zero-order valence-electron chi connectivity index (χ0n) is 15.3. The molecule has 0 N–H and O–H groups in total. The van der Waals surface area contributed by atoms with Crippen LogP contribution >= 0.6 is 0 Å². The Labute approximate surface area is 156 Å². The number of hydrogen-bond donors (Lipinski definition) is 0. The first-order chi connectivity index (χ1) is 12.5. The second-order valence-electron chi connectivity index (χ2n) is 7.37. The number of sulfonamides is 1. The monoisotopic (exact) mass is 370 g/mol. The average molecular weight is 371 g/mol. The summed E-state index contributed by atoms with van der Waals surface area (Å²) < 4.78 is 27.4. The summed E-state index contributed by atoms with van der Waals surface area (Å²) in [5.74, 6) is 0.103. The number of aryl methyl sites for hydroxylation is 2. The lowest BCUT2D eigenvalue weighted by atomic mass is 10.1. The Bertz CT molecular complexity index is 886. The van der Waals surface area contributed by atoms with Crippen LogP contribution in [0.25, 0.3) is 0 Å². The Hall–Kier alpha value is -1.69. The van der Waals surface area contributed by atoms with Crippen molar-refractivity contribution in [1.29, 1.82) is 0 Å². The summed E-state index contributed by atoms with van der Waals surface area (Å²) in [6, 6.07) is 16.9. The van der Waals surface area contributed by atoms with Gasteiger partial charge in [0.05, 0.1) is 5.75 Å². The molecule has 1 unspecified atom stereocenters. The maximum absolute atomic E-state index is 12.8. The van der Waals surface area contributed by atoms with Crippen molar-refractivity contribution in [3.63, 3.8) is 0 Å². The number of nitrogens with zero attached hydrogens (tertiary/aromatic N) is 2. The molecule has 0 amide bonds. The average Bonchev–Trinajstić information content (AvgIpc) is 3.08. The van der Waals surface area contributed by atoms with Crippen LogP contribution in [0.1, 0.15) is 34.7 Å². The molecule has 1 aliphatic heterocycles. The maximum Gasteiger partial charge on any atom is 0.218 e. The molecule has 138 valence electrons. The van der Waals surface area contributed by atoms with E-state index >= 15 is 0 Å². The number of benzene rings is 2. The van der Waals surface area contributed by atoms with E-state index < -0.39 is 10.0 Å². The maximum atomic E-state index is 12.8. The minimum Gasteiger partial charge on any atom is -0.294 e. The van der Waals surface area contributed by atoms with E-state index in [0.717, 1.165) is 37.1 Å². The summed E-state index contributed by atoms with van der Waals surface area (Å²) >= 11 is 0. The fourth-order valence-corrected chi connectivity index (χ4v) is 5.89. The highest BCUT2D eigenvalue weighted by molar-refractivity contribution is 7.88. The summed E-state index contributed by atoms with van der Waals surface area (Å²) in [7, 11) is -3.26. The molecule has 2 aromatic carbocycles. The molecular formula is C21H26N2O2S. The molecule has 1 heterocycles. The van der Waals surface area contributed by atoms with Crippen LogP contribution in [-0.2, 0) is 22.2 Å². The van der Waals surface area contributed by atoms with Gasteiger partial charge in [0.25, 0.3) is 0 Å². The van der Waals surface area contributed by atoms with E-state index in [1.54, 1.807) is 4.31 Å². The first-order valence-electron chi connectivity index (χ1n) is 9.39. The lowest BCUT2D eigenvalue weighted by molar-refractivity contribution is 0.136. The molecular weight excluding hydrogens is 344 g/mol. The Morgan fingerprint density at radius 2 is 1.65 bits per heavy atom. The molecule has 5 heteroatoms. The van der Waals surface area contributed by atoms with Crippen molar-refractivity contribution in [2.75, 3.05) is 26.2 Å². The number of hydrogen-bond acceptors (Lipinski definition) is 3. The Balaban J connectivity index is 1.41. The van der Waals surface area contributed by atoms with Crippen LogP contribution in [0, 0.1) is 6.92 Å². The van der Waals surface area contributed by atoms with Crippen molar-refractivity contribution >= 4 is 10.0 Å². The van der Waals surface area contributed by atoms with Gasteiger partial charge in [-0.25, -0.2) is 8.42 Å². The van der Waals surface area contributed by atoms with Crippen LogP contribution in [0.15, 0.2) is 48.5 Å². The molecule has 0 spiro atoms. The van der Waals surface area contributed by atoms with Crippen LogP contribution < -0.4 is 0 Å². The highest BCUT2D eigenvalue weighted by Crippen LogP contribution is 2.36. The Kier molecular flexibility index (Phi) is 4.86. The predicted molar refractivity (Wildman–Crippen MR) is 104 cm³/mol. The van der Waals surface area contributed by atoms with Crippen molar-refractivity contribution < 1.29 is 8.42 Å². The molecule has 0 saturated carbocycles. The second-order valence-corrected chi connectivity index (χ2v) is 9.34. The zero-order valence-corrected chi connectivity index (χ0v) is 16.1. The van der Waals surface area contributed by atoms with Crippen molar-refractivity contribution in [1.82, 2.24) is 9.21 Å². The second kappa shape index (κ2) is 7.14. The summed E-state index contributed by atoms with van der Waals surface area (Å²) in [5.41, 5.74) is 4.83. The smallest absolute Gasteiger partial charge is 0.218 e. The van der Waals surface area contributed by atoms with Gasteiger partial charge in [0.2, 0.25) is 10.0 Å². The first kappa shape index (κ1) is 17.7. The van der Waals surface area contributed by atoms with E-state index in [0.29, 0.717) is 19.1 Å². The normalized spacial score (nSPS) is 21.7. The lowest BCUT2D eigenvalue weighted by Gasteiger charge is -2.37. The summed E-state index contributed by atoms with van der Waals surface area (Å²) in [6.07, 6.45) is 2.28. The van der Waals surface area contributed by atoms with Gasteiger partial charge in [-0.05, 0) is 42.0 Å². The Morgan fingerprint density at radius 3 is 2.42 bits per heavy atom. The molecule has 0 radical (unpaired) electrons. The van der Waals surface area contributed by atoms with E-state index in [9.17, 15) is 8.42 Å². The highest BCUT2D eigenvalue weighted by Gasteiger charge is 2.33. The van der Waals surface area contributed by atoms with E-state index in [4.69, 9.17) is 0 Å². The summed E-state index contributed by atoms with van der Waals surface area (Å²) in [6.45, 7) is 4.78. The van der Waals surface area contributed by atoms with Crippen LogP contribution in [0.2, 0.25) is 0 Å². The third-order valence-electron chi connectivity index (χ3n) is 5.81. The van der Waals surface area contributed by atoms with E-state index in [1.165, 1.54) is 11.1 Å². The molecule has 4 nitrogen and oxygen atoms in total. The Morgan fingerprint density at radius 1 is 0.962 bits per heavy atom. The number of rotatable bonds is 4. The van der Waals surface area contributed by atoms with Gasteiger partial charge < -0.3 is 0 Å². The summed E-state index contributed by atoms with van der Waals surface area (Å²) in [5, 5.41) is 0. The van der Waals surface area contributed by atoms with Gasteiger partial charge in [0, 0.05) is 32.2 Å². The van der Waals surface area contributed by atoms with Crippen molar-refractivity contribution in [3.8, 4) is 0 Å². The number of piperazine rings is 1. The third kappa shape index (κ3) is 3.43. The minimum absolute atomic E-state index is 0.103. The SMILES string of the molecule is Cc1ccccc1CS(=O)(=O)N1CCN(C2CCc3ccccc32)CC1. The van der Waals surface area contributed by atoms with E-state index in [1.807, 2.05) is 31.2 Å². The molecule has 1 saturated heterocycles. The molecule has 26 heavy (non-hydrogen) atoms. The fraction of sp³-hybridized carbons (Fsp3) is 0.429. The molecule has 0 aromatic heterocycles. The molecule has 4 rings (SSSR count). The van der Waals surface area contributed by atoms with Gasteiger partial charge in [-0.2, -0.15) is 4.31 Å². The summed E-state index contributed by atoms with van der Waals surface area (Å²) in [4.78, 5) is 2.46. The standard InChI is InChI=1S/C21H26N2O2S/c1-17-6-2-3-8-19(17)16-26(24,25)23-14-12-22(13-15-23)21-11-10-18-7-4-5-9-20(18)21/h2-9,21H,10-16H2,1H3. The molecule has 0 bridgehead atoms. The van der Waals surface area contributed by atoms with Gasteiger partial charge in [-0.15, -0.1) is 0 Å². The molecule has 2 aromatic rings. The lowest BCUT2D eigenvalue weighted by Crippen LogP contribution is -2.49. The topological polar surface area (TPSA) is 40.6 Å². The van der Waals surface area contributed by atoms with Crippen molar-refractivity contribution in [2.45, 2.75) is 31.6 Å². The largest absolute Gasteiger partial charge is 0.294 e. The number of fused-ring (bicyclic) bond motifs is 1. The molecule has 1 fully saturated rings. The van der Waals surface area contributed by atoms with Crippen LogP contribution in [-0.4, -0.2) is 43.8 Å². The molecule has 1 atom stereocenters. The molecule has 1 aliphatic carbocycles. The van der Waals surface area contributed by atoms with Gasteiger partial charge in [0.15, 0.2) is 0 Å². The van der Waals surface area contributed by atoms with Gasteiger partial charge in [-0.1, -0.05) is 48.5 Å². The fourth-order valence-electron chi connectivity index (χ4n) is 4.27. The molecule has 2 aliphatic rings.